The third-order valence-electron chi connectivity index (χ3n) is 4.35. The predicted molar refractivity (Wildman–Crippen MR) is 96.8 cm³/mol. The third-order valence-corrected chi connectivity index (χ3v) is 4.35. The zero-order chi connectivity index (χ0) is 17.4. The molecule has 0 bridgehead atoms. The summed E-state index contributed by atoms with van der Waals surface area (Å²) in [5.74, 6) is 0.723. The lowest BCUT2D eigenvalue weighted by Gasteiger charge is -2.03. The van der Waals surface area contributed by atoms with E-state index in [1.54, 1.807) is 0 Å². The van der Waals surface area contributed by atoms with Gasteiger partial charge in [-0.15, -0.1) is 10.2 Å². The van der Waals surface area contributed by atoms with Gasteiger partial charge in [0.25, 0.3) is 5.91 Å². The van der Waals surface area contributed by atoms with E-state index >= 15 is 0 Å². The Morgan fingerprint density at radius 2 is 2.08 bits per heavy atom. The van der Waals surface area contributed by atoms with E-state index in [1.807, 2.05) is 34.9 Å². The maximum Gasteiger partial charge on any atom is 0.267 e. The van der Waals surface area contributed by atoms with E-state index in [4.69, 9.17) is 0 Å². The molecule has 0 unspecified atom stereocenters. The third kappa shape index (κ3) is 2.87. The Hall–Kier alpha value is -3.15. The van der Waals surface area contributed by atoms with Gasteiger partial charge in [-0.25, -0.2) is 0 Å². The van der Waals surface area contributed by atoms with Crippen molar-refractivity contribution in [2.75, 3.05) is 6.54 Å². The van der Waals surface area contributed by atoms with Crippen LogP contribution < -0.4 is 5.32 Å². The summed E-state index contributed by atoms with van der Waals surface area (Å²) in [6.07, 6.45) is 2.55. The Morgan fingerprint density at radius 1 is 1.20 bits per heavy atom. The quantitative estimate of drug-likeness (QED) is 0.603. The van der Waals surface area contributed by atoms with Crippen molar-refractivity contribution in [2.45, 2.75) is 20.3 Å². The van der Waals surface area contributed by atoms with E-state index < -0.39 is 0 Å². The van der Waals surface area contributed by atoms with Crippen LogP contribution in [0.3, 0.4) is 0 Å². The van der Waals surface area contributed by atoms with E-state index in [2.05, 4.69) is 46.5 Å². The van der Waals surface area contributed by atoms with Gasteiger partial charge in [-0.2, -0.15) is 0 Å². The van der Waals surface area contributed by atoms with Crippen LogP contribution in [0, 0.1) is 13.8 Å². The number of amides is 1. The normalized spacial score (nSPS) is 11.3. The van der Waals surface area contributed by atoms with Crippen molar-refractivity contribution in [2.24, 2.45) is 0 Å². The predicted octanol–water partition coefficient (Wildman–Crippen LogP) is 2.80. The molecule has 0 spiro atoms. The van der Waals surface area contributed by atoms with Gasteiger partial charge in [-0.05, 0) is 49.2 Å². The number of aromatic amines is 1. The molecule has 6 nitrogen and oxygen atoms in total. The molecule has 0 aliphatic rings. The van der Waals surface area contributed by atoms with Crippen molar-refractivity contribution in [1.82, 2.24) is 24.9 Å². The number of pyridine rings is 1. The van der Waals surface area contributed by atoms with Crippen molar-refractivity contribution in [3.05, 3.63) is 65.2 Å². The maximum absolute atomic E-state index is 12.4. The summed E-state index contributed by atoms with van der Waals surface area (Å²) in [7, 11) is 0. The van der Waals surface area contributed by atoms with Crippen molar-refractivity contribution < 1.29 is 4.79 Å². The van der Waals surface area contributed by atoms with E-state index in [0.29, 0.717) is 18.7 Å². The van der Waals surface area contributed by atoms with Gasteiger partial charge in [0.15, 0.2) is 5.65 Å². The molecule has 0 aliphatic carbocycles. The highest BCUT2D eigenvalue weighted by Crippen LogP contribution is 2.21. The average Bonchev–Trinajstić information content (AvgIpc) is 3.19. The molecule has 3 heterocycles. The molecule has 2 N–H and O–H groups in total. The number of hydrogen-bond donors (Lipinski definition) is 2. The second kappa shape index (κ2) is 6.05. The number of carbonyl (C=O) groups excluding carboxylic acids is 1. The minimum Gasteiger partial charge on any atom is -0.351 e. The molecule has 4 rings (SSSR count). The molecular weight excluding hydrogens is 314 g/mol. The van der Waals surface area contributed by atoms with Crippen LogP contribution in [0.25, 0.3) is 16.6 Å². The zero-order valence-corrected chi connectivity index (χ0v) is 14.2. The van der Waals surface area contributed by atoms with Gasteiger partial charge in [-0.3, -0.25) is 9.20 Å². The van der Waals surface area contributed by atoms with Crippen molar-refractivity contribution in [1.29, 1.82) is 0 Å². The van der Waals surface area contributed by atoms with Crippen LogP contribution in [0.5, 0.6) is 0 Å². The molecule has 25 heavy (non-hydrogen) atoms. The zero-order valence-electron chi connectivity index (χ0n) is 14.2. The standard InChI is InChI=1S/C19H19N5O/c1-12-9-13(2)14-11-16(21-15(14)10-12)19(25)20-7-6-18-23-22-17-5-3-4-8-24(17)18/h3-5,8-11,21H,6-7H2,1-2H3,(H,20,25). The van der Waals surface area contributed by atoms with Gasteiger partial charge in [0.05, 0.1) is 0 Å². The summed E-state index contributed by atoms with van der Waals surface area (Å²) >= 11 is 0. The lowest BCUT2D eigenvalue weighted by Crippen LogP contribution is -2.26. The Labute approximate surface area is 144 Å². The molecule has 0 fully saturated rings. The summed E-state index contributed by atoms with van der Waals surface area (Å²) in [4.78, 5) is 15.6. The topological polar surface area (TPSA) is 75.1 Å². The van der Waals surface area contributed by atoms with Gasteiger partial charge in [0.2, 0.25) is 0 Å². The van der Waals surface area contributed by atoms with Crippen molar-refractivity contribution >= 4 is 22.5 Å². The number of fused-ring (bicyclic) bond motifs is 2. The molecule has 0 saturated carbocycles. The lowest BCUT2D eigenvalue weighted by atomic mass is 10.1. The number of nitrogens with zero attached hydrogens (tertiary/aromatic N) is 3. The Balaban J connectivity index is 1.46. The molecule has 1 aromatic carbocycles. The number of hydrogen-bond acceptors (Lipinski definition) is 3. The highest BCUT2D eigenvalue weighted by molar-refractivity contribution is 5.98. The molecule has 126 valence electrons. The second-order valence-electron chi connectivity index (χ2n) is 6.28. The molecule has 1 amide bonds. The van der Waals surface area contributed by atoms with Crippen LogP contribution in [0.15, 0.2) is 42.6 Å². The fourth-order valence-electron chi connectivity index (χ4n) is 3.17. The van der Waals surface area contributed by atoms with Crippen LogP contribution in [-0.4, -0.2) is 32.0 Å². The monoisotopic (exact) mass is 333 g/mol. The number of carbonyl (C=O) groups is 1. The Bertz CT molecular complexity index is 1080. The first-order chi connectivity index (χ1) is 12.1. The van der Waals surface area contributed by atoms with Gasteiger partial charge in [-0.1, -0.05) is 12.1 Å². The molecule has 0 saturated heterocycles. The molecule has 0 aliphatic heterocycles. The number of nitrogens with one attached hydrogen (secondary N) is 2. The smallest absolute Gasteiger partial charge is 0.267 e. The van der Waals surface area contributed by atoms with Gasteiger partial charge >= 0.3 is 0 Å². The van der Waals surface area contributed by atoms with Crippen LogP contribution >= 0.6 is 0 Å². The molecule has 6 heteroatoms. The number of aryl methyl sites for hydroxylation is 2. The SMILES string of the molecule is Cc1cc(C)c2cc(C(=O)NCCc3nnc4ccccn34)[nH]c2c1. The molecule has 0 atom stereocenters. The summed E-state index contributed by atoms with van der Waals surface area (Å²) in [5, 5.41) is 12.3. The number of aromatic nitrogens is 4. The van der Waals surface area contributed by atoms with E-state index in [1.165, 1.54) is 11.1 Å². The van der Waals surface area contributed by atoms with Crippen molar-refractivity contribution in [3.63, 3.8) is 0 Å². The van der Waals surface area contributed by atoms with Gasteiger partial charge in [0, 0.05) is 30.1 Å². The van der Waals surface area contributed by atoms with E-state index in [9.17, 15) is 4.79 Å². The molecule has 3 aromatic heterocycles. The fraction of sp³-hybridized carbons (Fsp3) is 0.211. The van der Waals surface area contributed by atoms with E-state index in [-0.39, 0.29) is 5.91 Å². The van der Waals surface area contributed by atoms with Gasteiger partial charge in [0.1, 0.15) is 11.5 Å². The largest absolute Gasteiger partial charge is 0.351 e. The highest BCUT2D eigenvalue weighted by Gasteiger charge is 2.11. The van der Waals surface area contributed by atoms with Gasteiger partial charge < -0.3 is 10.3 Å². The minimum absolute atomic E-state index is 0.109. The Kier molecular flexibility index (Phi) is 3.72. The summed E-state index contributed by atoms with van der Waals surface area (Å²) in [5.41, 5.74) is 4.73. The average molecular weight is 333 g/mol. The number of H-pyrrole nitrogens is 1. The minimum atomic E-state index is -0.109. The number of benzene rings is 1. The lowest BCUT2D eigenvalue weighted by molar-refractivity contribution is 0.0950. The molecular formula is C19H19N5O. The first-order valence-electron chi connectivity index (χ1n) is 8.28. The second-order valence-corrected chi connectivity index (χ2v) is 6.28. The summed E-state index contributed by atoms with van der Waals surface area (Å²) in [6, 6.07) is 11.9. The van der Waals surface area contributed by atoms with E-state index in [0.717, 1.165) is 22.4 Å². The van der Waals surface area contributed by atoms with Crippen LogP contribution in [-0.2, 0) is 6.42 Å². The van der Waals surface area contributed by atoms with Crippen LogP contribution in [0.2, 0.25) is 0 Å². The fourth-order valence-corrected chi connectivity index (χ4v) is 3.17. The summed E-state index contributed by atoms with van der Waals surface area (Å²) < 4.78 is 1.93. The number of rotatable bonds is 4. The Morgan fingerprint density at radius 3 is 2.96 bits per heavy atom. The summed E-state index contributed by atoms with van der Waals surface area (Å²) in [6.45, 7) is 4.61. The maximum atomic E-state index is 12.4. The highest BCUT2D eigenvalue weighted by atomic mass is 16.1. The first kappa shape index (κ1) is 15.4. The van der Waals surface area contributed by atoms with Crippen LogP contribution in [0.1, 0.15) is 27.4 Å². The van der Waals surface area contributed by atoms with Crippen molar-refractivity contribution in [3.8, 4) is 0 Å². The molecule has 4 aromatic rings. The first-order valence-corrected chi connectivity index (χ1v) is 8.28. The van der Waals surface area contributed by atoms with Crippen LogP contribution in [0.4, 0.5) is 0 Å². The molecule has 0 radical (unpaired) electrons.